The number of amides is 1. The van der Waals surface area contributed by atoms with Crippen LogP contribution in [0.25, 0.3) is 0 Å². The lowest BCUT2D eigenvalue weighted by Gasteiger charge is -2.29. The number of alkyl carbamates (subject to hydrolysis) is 1. The first-order chi connectivity index (χ1) is 12.3. The molecule has 0 aromatic heterocycles. The molecule has 7 heteroatoms. The summed E-state index contributed by atoms with van der Waals surface area (Å²) in [6, 6.07) is 10.0. The van der Waals surface area contributed by atoms with Crippen LogP contribution < -0.4 is 10.6 Å². The van der Waals surface area contributed by atoms with Gasteiger partial charge in [0.1, 0.15) is 12.2 Å². The Kier molecular flexibility index (Phi) is 9.60. The second-order valence-corrected chi connectivity index (χ2v) is 7.72. The smallest absolute Gasteiger partial charge is 0.407 e. The fourth-order valence-electron chi connectivity index (χ4n) is 2.98. The topological polar surface area (TPSA) is 76.7 Å². The van der Waals surface area contributed by atoms with E-state index in [0.29, 0.717) is 0 Å². The third-order valence-corrected chi connectivity index (χ3v) is 4.22. The third-order valence-electron chi connectivity index (χ3n) is 4.22. The maximum absolute atomic E-state index is 11.9. The fourth-order valence-corrected chi connectivity index (χ4v) is 2.98. The van der Waals surface area contributed by atoms with Crippen LogP contribution >= 0.6 is 12.4 Å². The molecule has 0 aliphatic heterocycles. The number of carbonyl (C=O) groups is 2. The predicted molar refractivity (Wildman–Crippen MR) is 107 cm³/mol. The number of benzene rings is 1. The molecule has 152 valence electrons. The summed E-state index contributed by atoms with van der Waals surface area (Å²) in [7, 11) is 0. The molecule has 0 bridgehead atoms. The first-order valence-electron chi connectivity index (χ1n) is 9.24. The molecule has 0 heterocycles. The Balaban J connectivity index is 0.00000364. The maximum atomic E-state index is 11.9. The van der Waals surface area contributed by atoms with Crippen molar-refractivity contribution in [3.8, 4) is 0 Å². The van der Waals surface area contributed by atoms with Crippen molar-refractivity contribution < 1.29 is 19.1 Å². The van der Waals surface area contributed by atoms with Crippen LogP contribution in [-0.4, -0.2) is 36.3 Å². The Morgan fingerprint density at radius 2 is 1.63 bits per heavy atom. The molecular weight excluding hydrogens is 368 g/mol. The molecule has 1 aromatic rings. The van der Waals surface area contributed by atoms with E-state index in [9.17, 15) is 9.59 Å². The molecule has 1 aliphatic rings. The minimum Gasteiger partial charge on any atom is -0.459 e. The zero-order chi connectivity index (χ0) is 19.0. The molecule has 0 radical (unpaired) electrons. The van der Waals surface area contributed by atoms with E-state index in [4.69, 9.17) is 9.47 Å². The number of nitrogens with one attached hydrogen (secondary N) is 2. The van der Waals surface area contributed by atoms with Crippen molar-refractivity contribution in [2.24, 2.45) is 0 Å². The Morgan fingerprint density at radius 3 is 2.22 bits per heavy atom. The minimum absolute atomic E-state index is 0. The van der Waals surface area contributed by atoms with E-state index in [2.05, 4.69) is 10.6 Å². The summed E-state index contributed by atoms with van der Waals surface area (Å²) in [4.78, 5) is 23.6. The Labute approximate surface area is 167 Å². The molecule has 2 N–H and O–H groups in total. The number of carbonyl (C=O) groups excluding carboxylic acids is 2. The predicted octanol–water partition coefficient (Wildman–Crippen LogP) is 3.58. The van der Waals surface area contributed by atoms with Gasteiger partial charge in [0.2, 0.25) is 0 Å². The van der Waals surface area contributed by atoms with E-state index in [1.165, 1.54) is 0 Å². The number of esters is 1. The van der Waals surface area contributed by atoms with E-state index in [0.717, 1.165) is 31.2 Å². The molecule has 1 saturated carbocycles. The summed E-state index contributed by atoms with van der Waals surface area (Å²) in [5, 5.41) is 6.17. The molecule has 27 heavy (non-hydrogen) atoms. The maximum Gasteiger partial charge on any atom is 0.407 e. The van der Waals surface area contributed by atoms with Crippen molar-refractivity contribution in [3.63, 3.8) is 0 Å². The van der Waals surface area contributed by atoms with Gasteiger partial charge in [-0.25, -0.2) is 4.79 Å². The van der Waals surface area contributed by atoms with Gasteiger partial charge < -0.3 is 20.1 Å². The highest BCUT2D eigenvalue weighted by atomic mass is 35.5. The monoisotopic (exact) mass is 398 g/mol. The minimum atomic E-state index is -0.458. The van der Waals surface area contributed by atoms with Gasteiger partial charge in [-0.2, -0.15) is 0 Å². The average Bonchev–Trinajstić information content (AvgIpc) is 2.59. The lowest BCUT2D eigenvalue weighted by molar-refractivity contribution is -0.153. The second kappa shape index (κ2) is 11.1. The molecule has 2 rings (SSSR count). The summed E-state index contributed by atoms with van der Waals surface area (Å²) in [5.74, 6) is -0.234. The molecule has 0 unspecified atom stereocenters. The van der Waals surface area contributed by atoms with E-state index in [-0.39, 0.29) is 49.7 Å². The number of halogens is 1. The molecule has 0 saturated heterocycles. The molecule has 1 amide bonds. The molecule has 1 fully saturated rings. The molecule has 0 spiro atoms. The van der Waals surface area contributed by atoms with Crippen LogP contribution in [0, 0.1) is 0 Å². The van der Waals surface area contributed by atoms with Crippen molar-refractivity contribution >= 4 is 24.5 Å². The van der Waals surface area contributed by atoms with Crippen molar-refractivity contribution in [1.82, 2.24) is 10.6 Å². The largest absolute Gasteiger partial charge is 0.459 e. The van der Waals surface area contributed by atoms with Crippen molar-refractivity contribution in [2.45, 2.75) is 70.7 Å². The number of rotatable bonds is 6. The van der Waals surface area contributed by atoms with Crippen LogP contribution in [-0.2, 0) is 20.9 Å². The van der Waals surface area contributed by atoms with Gasteiger partial charge in [0.25, 0.3) is 0 Å². The Hall–Kier alpha value is -1.79. The summed E-state index contributed by atoms with van der Waals surface area (Å²) in [5.41, 5.74) is 0.512. The van der Waals surface area contributed by atoms with E-state index < -0.39 is 5.60 Å². The van der Waals surface area contributed by atoms with Gasteiger partial charge in [0, 0.05) is 12.1 Å². The summed E-state index contributed by atoms with van der Waals surface area (Å²) in [6.45, 7) is 6.08. The quantitative estimate of drug-likeness (QED) is 0.716. The Morgan fingerprint density at radius 1 is 1.04 bits per heavy atom. The highest BCUT2D eigenvalue weighted by Gasteiger charge is 2.24. The molecule has 6 nitrogen and oxygen atoms in total. The zero-order valence-electron chi connectivity index (χ0n) is 16.3. The van der Waals surface area contributed by atoms with Gasteiger partial charge in [-0.3, -0.25) is 4.79 Å². The normalized spacial score (nSPS) is 19.5. The molecule has 0 atom stereocenters. The van der Waals surface area contributed by atoms with Gasteiger partial charge in [-0.15, -0.1) is 12.4 Å². The van der Waals surface area contributed by atoms with Gasteiger partial charge in [-0.05, 0) is 52.0 Å². The summed E-state index contributed by atoms with van der Waals surface area (Å²) in [6.07, 6.45) is 3.18. The van der Waals surface area contributed by atoms with Crippen LogP contribution in [0.4, 0.5) is 4.79 Å². The lowest BCUT2D eigenvalue weighted by Crippen LogP contribution is -2.44. The van der Waals surface area contributed by atoms with Crippen LogP contribution in [0.5, 0.6) is 0 Å². The van der Waals surface area contributed by atoms with E-state index >= 15 is 0 Å². The van der Waals surface area contributed by atoms with E-state index in [1.54, 1.807) is 0 Å². The Bertz CT molecular complexity index is 581. The third kappa shape index (κ3) is 9.63. The second-order valence-electron chi connectivity index (χ2n) is 7.72. The van der Waals surface area contributed by atoms with Crippen molar-refractivity contribution in [3.05, 3.63) is 35.9 Å². The van der Waals surface area contributed by atoms with Gasteiger partial charge in [0.15, 0.2) is 0 Å². The first-order valence-corrected chi connectivity index (χ1v) is 9.24. The lowest BCUT2D eigenvalue weighted by atomic mass is 9.91. The summed E-state index contributed by atoms with van der Waals surface area (Å²) >= 11 is 0. The SMILES string of the molecule is CC(C)(C)OC(=O)CNC1CCC(NC(=O)OCc2ccccc2)CC1.Cl. The van der Waals surface area contributed by atoms with Crippen LogP contribution in [0.2, 0.25) is 0 Å². The van der Waals surface area contributed by atoms with Crippen molar-refractivity contribution in [2.75, 3.05) is 6.54 Å². The van der Waals surface area contributed by atoms with Gasteiger partial charge in [0.05, 0.1) is 6.54 Å². The number of ether oxygens (including phenoxy) is 2. The van der Waals surface area contributed by atoms with Crippen LogP contribution in [0.1, 0.15) is 52.0 Å². The highest BCUT2D eigenvalue weighted by molar-refractivity contribution is 5.85. The molecule has 1 aromatic carbocycles. The van der Waals surface area contributed by atoms with Gasteiger partial charge in [-0.1, -0.05) is 30.3 Å². The van der Waals surface area contributed by atoms with E-state index in [1.807, 2.05) is 51.1 Å². The fraction of sp³-hybridized carbons (Fsp3) is 0.600. The number of hydrogen-bond acceptors (Lipinski definition) is 5. The molecule has 1 aliphatic carbocycles. The average molecular weight is 399 g/mol. The van der Waals surface area contributed by atoms with Gasteiger partial charge >= 0.3 is 12.1 Å². The van der Waals surface area contributed by atoms with Crippen LogP contribution in [0.15, 0.2) is 30.3 Å². The van der Waals surface area contributed by atoms with Crippen LogP contribution in [0.3, 0.4) is 0 Å². The molecular formula is C20H31ClN2O4. The number of hydrogen-bond donors (Lipinski definition) is 2. The van der Waals surface area contributed by atoms with Crippen molar-refractivity contribution in [1.29, 1.82) is 0 Å². The highest BCUT2D eigenvalue weighted by Crippen LogP contribution is 2.19. The standard InChI is InChI=1S/C20H30N2O4.ClH/c1-20(2,3)26-18(23)13-21-16-9-11-17(12-10-16)22-19(24)25-14-15-7-5-4-6-8-15;/h4-8,16-17,21H,9-14H2,1-3H3,(H,22,24);1H. The zero-order valence-corrected chi connectivity index (χ0v) is 17.1. The summed E-state index contributed by atoms with van der Waals surface area (Å²) < 4.78 is 10.5. The first kappa shape index (κ1) is 23.2.